The van der Waals surface area contributed by atoms with Crippen LogP contribution in [0.4, 0.5) is 0 Å². The van der Waals surface area contributed by atoms with E-state index in [0.717, 1.165) is 12.0 Å². The van der Waals surface area contributed by atoms with Gasteiger partial charge in [0.2, 0.25) is 0 Å². The fourth-order valence-electron chi connectivity index (χ4n) is 2.29. The number of aliphatic carboxylic acids is 1. The maximum atomic E-state index is 10.9. The molecule has 0 bridgehead atoms. The highest BCUT2D eigenvalue weighted by Crippen LogP contribution is 2.38. The SMILES string of the molecule is CCCN(CC(=O)O)C1COc2cc(O)ccc21. The molecule has 1 aliphatic rings. The Morgan fingerprint density at radius 2 is 2.33 bits per heavy atom. The zero-order valence-corrected chi connectivity index (χ0v) is 10.3. The fraction of sp³-hybridized carbons (Fsp3) is 0.462. The van der Waals surface area contributed by atoms with Gasteiger partial charge in [-0.25, -0.2) is 0 Å². The van der Waals surface area contributed by atoms with Crippen LogP contribution in [-0.2, 0) is 4.79 Å². The van der Waals surface area contributed by atoms with Crippen molar-refractivity contribution in [2.75, 3.05) is 19.7 Å². The quantitative estimate of drug-likeness (QED) is 0.832. The smallest absolute Gasteiger partial charge is 0.317 e. The lowest BCUT2D eigenvalue weighted by atomic mass is 10.1. The number of carboxylic acids is 1. The van der Waals surface area contributed by atoms with Crippen LogP contribution in [0.25, 0.3) is 0 Å². The number of carboxylic acid groups (broad SMARTS) is 1. The molecule has 0 aromatic heterocycles. The molecule has 0 saturated heterocycles. The van der Waals surface area contributed by atoms with Crippen LogP contribution >= 0.6 is 0 Å². The van der Waals surface area contributed by atoms with Crippen molar-refractivity contribution in [3.8, 4) is 11.5 Å². The summed E-state index contributed by atoms with van der Waals surface area (Å²) in [5.41, 5.74) is 0.947. The molecule has 0 spiro atoms. The second kappa shape index (κ2) is 5.27. The summed E-state index contributed by atoms with van der Waals surface area (Å²) < 4.78 is 5.51. The minimum absolute atomic E-state index is 0.00217. The number of phenols is 1. The van der Waals surface area contributed by atoms with Crippen LogP contribution in [0.1, 0.15) is 24.9 Å². The normalized spacial score (nSPS) is 17.6. The number of ether oxygens (including phenoxy) is 1. The van der Waals surface area contributed by atoms with Crippen LogP contribution in [-0.4, -0.2) is 40.8 Å². The lowest BCUT2D eigenvalue weighted by Crippen LogP contribution is -2.35. The molecule has 0 aliphatic carbocycles. The lowest BCUT2D eigenvalue weighted by molar-refractivity contribution is -0.139. The van der Waals surface area contributed by atoms with E-state index in [2.05, 4.69) is 0 Å². The van der Waals surface area contributed by atoms with Gasteiger partial charge in [0.25, 0.3) is 0 Å². The first-order valence-corrected chi connectivity index (χ1v) is 6.03. The Labute approximate surface area is 106 Å². The van der Waals surface area contributed by atoms with Gasteiger partial charge in [-0.1, -0.05) is 6.92 Å². The molecule has 1 aromatic rings. The van der Waals surface area contributed by atoms with Gasteiger partial charge in [-0.15, -0.1) is 0 Å². The van der Waals surface area contributed by atoms with Crippen LogP contribution in [0.5, 0.6) is 11.5 Å². The number of aromatic hydroxyl groups is 1. The predicted octanol–water partition coefficient (Wildman–Crippen LogP) is 1.62. The summed E-state index contributed by atoms with van der Waals surface area (Å²) >= 11 is 0. The molecular formula is C13H17NO4. The predicted molar refractivity (Wildman–Crippen MR) is 65.8 cm³/mol. The second-order valence-corrected chi connectivity index (χ2v) is 4.41. The van der Waals surface area contributed by atoms with Crippen molar-refractivity contribution in [3.05, 3.63) is 23.8 Å². The van der Waals surface area contributed by atoms with E-state index in [1.165, 1.54) is 0 Å². The molecule has 0 radical (unpaired) electrons. The Hall–Kier alpha value is -1.75. The molecule has 0 amide bonds. The first kappa shape index (κ1) is 12.7. The van der Waals surface area contributed by atoms with Gasteiger partial charge in [-0.2, -0.15) is 0 Å². The monoisotopic (exact) mass is 251 g/mol. The lowest BCUT2D eigenvalue weighted by Gasteiger charge is -2.25. The molecule has 98 valence electrons. The van der Waals surface area contributed by atoms with Crippen molar-refractivity contribution >= 4 is 5.97 Å². The number of phenolic OH excluding ortho intramolecular Hbond substituents is 1. The van der Waals surface area contributed by atoms with E-state index in [1.54, 1.807) is 18.2 Å². The maximum absolute atomic E-state index is 10.9. The Morgan fingerprint density at radius 3 is 3.00 bits per heavy atom. The number of nitrogens with zero attached hydrogens (tertiary/aromatic N) is 1. The van der Waals surface area contributed by atoms with Crippen LogP contribution in [0, 0.1) is 0 Å². The summed E-state index contributed by atoms with van der Waals surface area (Å²) in [6, 6.07) is 4.93. The zero-order chi connectivity index (χ0) is 13.1. The molecule has 2 rings (SSSR count). The molecule has 5 nitrogen and oxygen atoms in total. The summed E-state index contributed by atoms with van der Waals surface area (Å²) in [4.78, 5) is 12.8. The topological polar surface area (TPSA) is 70.0 Å². The van der Waals surface area contributed by atoms with Crippen LogP contribution in [0.2, 0.25) is 0 Å². The summed E-state index contributed by atoms with van der Waals surface area (Å²) in [6.07, 6.45) is 0.886. The number of carbonyl (C=O) groups is 1. The standard InChI is InChI=1S/C13H17NO4/c1-2-5-14(7-13(16)17)11-8-18-12-6-9(15)3-4-10(11)12/h3-4,6,11,15H,2,5,7-8H2,1H3,(H,16,17). The largest absolute Gasteiger partial charge is 0.508 e. The van der Waals surface area contributed by atoms with Gasteiger partial charge in [-0.3, -0.25) is 9.69 Å². The first-order chi connectivity index (χ1) is 8.61. The van der Waals surface area contributed by atoms with Crippen molar-refractivity contribution in [3.63, 3.8) is 0 Å². The van der Waals surface area contributed by atoms with E-state index in [0.29, 0.717) is 18.9 Å². The first-order valence-electron chi connectivity index (χ1n) is 6.03. The van der Waals surface area contributed by atoms with Crippen molar-refractivity contribution in [2.45, 2.75) is 19.4 Å². The highest BCUT2D eigenvalue weighted by Gasteiger charge is 2.30. The van der Waals surface area contributed by atoms with Gasteiger partial charge < -0.3 is 14.9 Å². The van der Waals surface area contributed by atoms with E-state index >= 15 is 0 Å². The average molecular weight is 251 g/mol. The number of rotatable bonds is 5. The summed E-state index contributed by atoms with van der Waals surface area (Å²) in [5, 5.41) is 18.3. The summed E-state index contributed by atoms with van der Waals surface area (Å²) in [7, 11) is 0. The maximum Gasteiger partial charge on any atom is 0.317 e. The van der Waals surface area contributed by atoms with Gasteiger partial charge in [-0.05, 0) is 25.1 Å². The minimum atomic E-state index is -0.837. The Balaban J connectivity index is 2.21. The molecule has 5 heteroatoms. The van der Waals surface area contributed by atoms with E-state index in [1.807, 2.05) is 11.8 Å². The highest BCUT2D eigenvalue weighted by atomic mass is 16.5. The average Bonchev–Trinajstić information content (AvgIpc) is 2.70. The molecule has 1 aromatic carbocycles. The second-order valence-electron chi connectivity index (χ2n) is 4.41. The molecule has 2 N–H and O–H groups in total. The van der Waals surface area contributed by atoms with E-state index in [9.17, 15) is 9.90 Å². The Morgan fingerprint density at radius 1 is 1.56 bits per heavy atom. The molecule has 18 heavy (non-hydrogen) atoms. The van der Waals surface area contributed by atoms with Gasteiger partial charge >= 0.3 is 5.97 Å². The number of hydrogen-bond acceptors (Lipinski definition) is 4. The Kier molecular flexibility index (Phi) is 3.72. The molecule has 0 saturated carbocycles. The van der Waals surface area contributed by atoms with Gasteiger partial charge in [0.1, 0.15) is 18.1 Å². The van der Waals surface area contributed by atoms with Crippen molar-refractivity contribution in [1.82, 2.24) is 4.90 Å². The number of fused-ring (bicyclic) bond motifs is 1. The summed E-state index contributed by atoms with van der Waals surface area (Å²) in [6.45, 7) is 3.16. The minimum Gasteiger partial charge on any atom is -0.508 e. The van der Waals surface area contributed by atoms with Crippen molar-refractivity contribution in [2.24, 2.45) is 0 Å². The third-order valence-corrected chi connectivity index (χ3v) is 3.04. The highest BCUT2D eigenvalue weighted by molar-refractivity contribution is 5.69. The third kappa shape index (κ3) is 2.56. The summed E-state index contributed by atoms with van der Waals surface area (Å²) in [5.74, 6) is -0.0307. The molecule has 0 fully saturated rings. The van der Waals surface area contributed by atoms with Crippen LogP contribution in [0.15, 0.2) is 18.2 Å². The van der Waals surface area contributed by atoms with E-state index < -0.39 is 5.97 Å². The van der Waals surface area contributed by atoms with Crippen molar-refractivity contribution < 1.29 is 19.7 Å². The van der Waals surface area contributed by atoms with E-state index in [-0.39, 0.29) is 18.3 Å². The number of benzene rings is 1. The van der Waals surface area contributed by atoms with Gasteiger partial charge in [0, 0.05) is 11.6 Å². The molecule has 1 atom stereocenters. The van der Waals surface area contributed by atoms with Gasteiger partial charge in [0.15, 0.2) is 0 Å². The van der Waals surface area contributed by atoms with Crippen LogP contribution < -0.4 is 4.74 Å². The zero-order valence-electron chi connectivity index (χ0n) is 10.3. The molecule has 1 aliphatic heterocycles. The van der Waals surface area contributed by atoms with E-state index in [4.69, 9.17) is 9.84 Å². The van der Waals surface area contributed by atoms with Crippen LogP contribution in [0.3, 0.4) is 0 Å². The van der Waals surface area contributed by atoms with Gasteiger partial charge in [0.05, 0.1) is 12.6 Å². The third-order valence-electron chi connectivity index (χ3n) is 3.04. The molecule has 1 heterocycles. The number of hydrogen-bond donors (Lipinski definition) is 2. The molecule has 1 unspecified atom stereocenters. The molecular weight excluding hydrogens is 234 g/mol. The fourth-order valence-corrected chi connectivity index (χ4v) is 2.29. The van der Waals surface area contributed by atoms with Crippen molar-refractivity contribution in [1.29, 1.82) is 0 Å². The Bertz CT molecular complexity index is 447.